The van der Waals surface area contributed by atoms with Crippen LogP contribution in [0.4, 0.5) is 0 Å². The number of amides is 1. The largest absolute Gasteiger partial charge is 0.461 e. The second kappa shape index (κ2) is 4.65. The molecule has 9 heteroatoms. The zero-order valence-corrected chi connectivity index (χ0v) is 10.9. The van der Waals surface area contributed by atoms with Crippen molar-refractivity contribution in [3.05, 3.63) is 16.8 Å². The number of hydrogen-bond acceptors (Lipinski definition) is 7. The summed E-state index contributed by atoms with van der Waals surface area (Å²) in [6.45, 7) is 1.48. The summed E-state index contributed by atoms with van der Waals surface area (Å²) in [4.78, 5) is 24.4. The minimum Gasteiger partial charge on any atom is -0.461 e. The van der Waals surface area contributed by atoms with Gasteiger partial charge in [0.1, 0.15) is 12.6 Å². The van der Waals surface area contributed by atoms with Crippen LogP contribution in [0, 0.1) is 0 Å². The van der Waals surface area contributed by atoms with Crippen LogP contribution in [-0.2, 0) is 14.3 Å². The molecule has 2 atom stereocenters. The van der Waals surface area contributed by atoms with Crippen molar-refractivity contribution in [1.82, 2.24) is 25.5 Å². The van der Waals surface area contributed by atoms with Gasteiger partial charge in [0.25, 0.3) is 0 Å². The van der Waals surface area contributed by atoms with Crippen LogP contribution in [-0.4, -0.2) is 49.4 Å². The Hall–Kier alpha value is -1.90. The van der Waals surface area contributed by atoms with Crippen molar-refractivity contribution in [2.24, 2.45) is 0 Å². The van der Waals surface area contributed by atoms with Crippen molar-refractivity contribution in [3.63, 3.8) is 0 Å². The molecule has 0 radical (unpaired) electrons. The lowest BCUT2D eigenvalue weighted by atomic mass is 10.0. The lowest BCUT2D eigenvalue weighted by Gasteiger charge is -2.47. The molecule has 0 aliphatic carbocycles. The zero-order chi connectivity index (χ0) is 13.4. The minimum atomic E-state index is -0.373. The van der Waals surface area contributed by atoms with Gasteiger partial charge in [0.2, 0.25) is 5.91 Å². The maximum atomic E-state index is 11.7. The monoisotopic (exact) mass is 281 g/mol. The molecule has 19 heavy (non-hydrogen) atoms. The van der Waals surface area contributed by atoms with Gasteiger partial charge in [-0.25, -0.2) is 5.10 Å². The fraction of sp³-hybridized carbons (Fsp3) is 0.500. The highest BCUT2D eigenvalue weighted by molar-refractivity contribution is 8.02. The fourth-order valence-corrected chi connectivity index (χ4v) is 3.26. The topological polar surface area (TPSA) is 101 Å². The average Bonchev–Trinajstić information content (AvgIpc) is 2.88. The highest BCUT2D eigenvalue weighted by atomic mass is 32.2. The standard InChI is InChI=1S/C10H11N5O3S/c1-5(16)18-3-6-4-19-8-2-7(17)15(8)9(6)10-11-13-14-12-10/h4,8-9H,2-3H2,1H3,(H,11,12,13,14)/t8-,9-/m1/s1. The summed E-state index contributed by atoms with van der Waals surface area (Å²) in [5.41, 5.74) is 0.794. The van der Waals surface area contributed by atoms with Crippen LogP contribution in [0.5, 0.6) is 0 Å². The van der Waals surface area contributed by atoms with Crippen molar-refractivity contribution in [2.45, 2.75) is 24.8 Å². The number of nitrogens with one attached hydrogen (secondary N) is 1. The molecular weight excluding hydrogens is 270 g/mol. The van der Waals surface area contributed by atoms with Gasteiger partial charge in [0.05, 0.1) is 11.8 Å². The number of aromatic nitrogens is 4. The zero-order valence-electron chi connectivity index (χ0n) is 10.1. The molecule has 1 fully saturated rings. The lowest BCUT2D eigenvalue weighted by Crippen LogP contribution is -2.54. The number of hydrogen-bond donors (Lipinski definition) is 1. The summed E-state index contributed by atoms with van der Waals surface area (Å²) in [6, 6.07) is -0.373. The Morgan fingerprint density at radius 2 is 2.53 bits per heavy atom. The Morgan fingerprint density at radius 1 is 1.68 bits per heavy atom. The third-order valence-corrected chi connectivity index (χ3v) is 4.16. The predicted molar refractivity (Wildman–Crippen MR) is 64.5 cm³/mol. The van der Waals surface area contributed by atoms with Gasteiger partial charge in [-0.15, -0.1) is 16.9 Å². The quantitative estimate of drug-likeness (QED) is 0.614. The van der Waals surface area contributed by atoms with Gasteiger partial charge >= 0.3 is 5.97 Å². The van der Waals surface area contributed by atoms with Gasteiger partial charge in [-0.3, -0.25) is 9.59 Å². The number of ether oxygens (including phenoxy) is 1. The Morgan fingerprint density at radius 3 is 3.16 bits per heavy atom. The van der Waals surface area contributed by atoms with Crippen LogP contribution >= 0.6 is 11.8 Å². The van der Waals surface area contributed by atoms with Crippen LogP contribution in [0.25, 0.3) is 0 Å². The third-order valence-electron chi connectivity index (χ3n) is 3.02. The van der Waals surface area contributed by atoms with Gasteiger partial charge < -0.3 is 9.64 Å². The van der Waals surface area contributed by atoms with E-state index in [4.69, 9.17) is 4.74 Å². The van der Waals surface area contributed by atoms with E-state index in [-0.39, 0.29) is 29.9 Å². The van der Waals surface area contributed by atoms with Gasteiger partial charge in [0, 0.05) is 12.5 Å². The average molecular weight is 281 g/mol. The number of thioether (sulfide) groups is 1. The minimum absolute atomic E-state index is 0.0484. The molecule has 1 aromatic heterocycles. The number of carbonyl (C=O) groups is 2. The van der Waals surface area contributed by atoms with Crippen molar-refractivity contribution in [3.8, 4) is 0 Å². The molecule has 2 aliphatic heterocycles. The van der Waals surface area contributed by atoms with Gasteiger partial charge in [-0.05, 0) is 15.8 Å². The SMILES string of the molecule is CC(=O)OCC1=CS[C@@H]2CC(=O)N2[C@H]1c1nnn[nH]1. The van der Waals surface area contributed by atoms with Crippen molar-refractivity contribution in [1.29, 1.82) is 0 Å². The second-order valence-electron chi connectivity index (χ2n) is 4.26. The number of aromatic amines is 1. The first-order valence-corrected chi connectivity index (χ1v) is 6.63. The second-order valence-corrected chi connectivity index (χ2v) is 5.31. The van der Waals surface area contributed by atoms with Crippen LogP contribution in [0.2, 0.25) is 0 Å². The third kappa shape index (κ3) is 2.09. The smallest absolute Gasteiger partial charge is 0.302 e. The molecule has 1 N–H and O–H groups in total. The van der Waals surface area contributed by atoms with E-state index in [0.717, 1.165) is 5.57 Å². The Kier molecular flexibility index (Phi) is 2.97. The Labute approximate surface area is 112 Å². The van der Waals surface area contributed by atoms with E-state index in [0.29, 0.717) is 12.2 Å². The molecule has 2 aliphatic rings. The molecule has 0 spiro atoms. The highest BCUT2D eigenvalue weighted by Gasteiger charge is 2.46. The maximum Gasteiger partial charge on any atom is 0.302 e. The van der Waals surface area contributed by atoms with E-state index >= 15 is 0 Å². The highest BCUT2D eigenvalue weighted by Crippen LogP contribution is 2.45. The van der Waals surface area contributed by atoms with Gasteiger partial charge in [-0.2, -0.15) is 0 Å². The number of nitrogens with zero attached hydrogens (tertiary/aromatic N) is 4. The van der Waals surface area contributed by atoms with E-state index in [1.54, 1.807) is 16.7 Å². The van der Waals surface area contributed by atoms with Crippen LogP contribution in [0.1, 0.15) is 25.2 Å². The van der Waals surface area contributed by atoms with E-state index in [2.05, 4.69) is 20.6 Å². The van der Waals surface area contributed by atoms with E-state index in [1.165, 1.54) is 6.92 Å². The lowest BCUT2D eigenvalue weighted by molar-refractivity contribution is -0.145. The van der Waals surface area contributed by atoms with Gasteiger partial charge in [-0.1, -0.05) is 0 Å². The number of esters is 1. The number of β-lactam (4-membered cyclic amide) rings is 1. The predicted octanol–water partition coefficient (Wildman–Crippen LogP) is -0.00700. The van der Waals surface area contributed by atoms with Gasteiger partial charge in [0.15, 0.2) is 5.82 Å². The number of carbonyl (C=O) groups excluding carboxylic acids is 2. The summed E-state index contributed by atoms with van der Waals surface area (Å²) >= 11 is 1.55. The fourth-order valence-electron chi connectivity index (χ4n) is 2.12. The molecule has 0 bridgehead atoms. The van der Waals surface area contributed by atoms with Crippen LogP contribution in [0.3, 0.4) is 0 Å². The molecule has 0 aromatic carbocycles. The van der Waals surface area contributed by atoms with Crippen molar-refractivity contribution >= 4 is 23.6 Å². The number of fused-ring (bicyclic) bond motifs is 1. The summed E-state index contributed by atoms with van der Waals surface area (Å²) in [5.74, 6) is 0.168. The number of tetrazole rings is 1. The summed E-state index contributed by atoms with van der Waals surface area (Å²) in [7, 11) is 0. The molecular formula is C10H11N5O3S. The first-order valence-electron chi connectivity index (χ1n) is 5.69. The van der Waals surface area contributed by atoms with E-state index in [1.807, 2.05) is 5.41 Å². The van der Waals surface area contributed by atoms with Crippen molar-refractivity contribution < 1.29 is 14.3 Å². The summed E-state index contributed by atoms with van der Waals surface area (Å²) in [6.07, 6.45) is 0.514. The summed E-state index contributed by atoms with van der Waals surface area (Å²) < 4.78 is 5.01. The van der Waals surface area contributed by atoms with Crippen LogP contribution in [0.15, 0.2) is 11.0 Å². The molecule has 3 rings (SSSR count). The molecule has 1 amide bonds. The maximum absolute atomic E-state index is 11.7. The molecule has 1 aromatic rings. The Bertz CT molecular complexity index is 543. The Balaban J connectivity index is 1.88. The number of H-pyrrole nitrogens is 1. The van der Waals surface area contributed by atoms with Crippen LogP contribution < -0.4 is 0 Å². The molecule has 3 heterocycles. The van der Waals surface area contributed by atoms with E-state index < -0.39 is 0 Å². The first kappa shape index (κ1) is 12.2. The van der Waals surface area contributed by atoms with Crippen molar-refractivity contribution in [2.75, 3.05) is 6.61 Å². The first-order chi connectivity index (χ1) is 9.16. The van der Waals surface area contributed by atoms with E-state index in [9.17, 15) is 9.59 Å². The normalized spacial score (nSPS) is 25.4. The molecule has 100 valence electrons. The molecule has 1 saturated heterocycles. The molecule has 0 unspecified atom stereocenters. The molecule has 8 nitrogen and oxygen atoms in total. The summed E-state index contributed by atoms with van der Waals surface area (Å²) in [5, 5.41) is 15.6. The molecule has 0 saturated carbocycles. The number of rotatable bonds is 3.